The van der Waals surface area contributed by atoms with Crippen LogP contribution in [0.5, 0.6) is 0 Å². The van der Waals surface area contributed by atoms with Crippen molar-refractivity contribution in [2.45, 2.75) is 19.3 Å². The van der Waals surface area contributed by atoms with Gasteiger partial charge in [0.25, 0.3) is 0 Å². The molecule has 2 nitrogen and oxygen atoms in total. The standard InChI is InChI=1S/C30H23NO/c1-30(2,25-17-10-16-24-23-15-8-9-18-27(23)32-28(24)25)29-22-14-7-6-13-21(22)19-26(31-29)20-11-4-3-5-12-20/h3-19H,1-2H3. The Morgan fingerprint density at radius 3 is 2.19 bits per heavy atom. The van der Waals surface area contributed by atoms with Crippen LogP contribution >= 0.6 is 0 Å². The average Bonchev–Trinajstić information content (AvgIpc) is 3.22. The summed E-state index contributed by atoms with van der Waals surface area (Å²) in [7, 11) is 0. The quantitative estimate of drug-likeness (QED) is 0.293. The first-order chi connectivity index (χ1) is 15.6. The van der Waals surface area contributed by atoms with Crippen LogP contribution in [0.4, 0.5) is 0 Å². The third kappa shape index (κ3) is 2.84. The van der Waals surface area contributed by atoms with E-state index in [0.29, 0.717) is 0 Å². The second-order valence-electron chi connectivity index (χ2n) is 8.85. The molecule has 0 fully saturated rings. The van der Waals surface area contributed by atoms with Gasteiger partial charge in [0.1, 0.15) is 11.2 Å². The Hall–Kier alpha value is -3.91. The number of furan rings is 1. The molecule has 4 aromatic carbocycles. The van der Waals surface area contributed by atoms with Crippen LogP contribution in [0.1, 0.15) is 25.1 Å². The van der Waals surface area contributed by atoms with Crippen LogP contribution in [-0.4, -0.2) is 4.98 Å². The van der Waals surface area contributed by atoms with Crippen LogP contribution in [0.3, 0.4) is 0 Å². The van der Waals surface area contributed by atoms with E-state index in [2.05, 4.69) is 98.8 Å². The fourth-order valence-corrected chi connectivity index (χ4v) is 4.80. The van der Waals surface area contributed by atoms with Crippen LogP contribution in [0.15, 0.2) is 108 Å². The minimum Gasteiger partial charge on any atom is -0.456 e. The van der Waals surface area contributed by atoms with Gasteiger partial charge in [0.15, 0.2) is 0 Å². The maximum atomic E-state index is 6.39. The molecule has 6 aromatic rings. The van der Waals surface area contributed by atoms with Crippen molar-refractivity contribution < 1.29 is 4.42 Å². The van der Waals surface area contributed by atoms with Crippen molar-refractivity contribution in [2.75, 3.05) is 0 Å². The summed E-state index contributed by atoms with van der Waals surface area (Å²) in [4.78, 5) is 5.24. The van der Waals surface area contributed by atoms with E-state index >= 15 is 0 Å². The zero-order valence-electron chi connectivity index (χ0n) is 18.2. The lowest BCUT2D eigenvalue weighted by molar-refractivity contribution is 0.598. The molecule has 0 aliphatic rings. The van der Waals surface area contributed by atoms with Crippen molar-refractivity contribution in [3.63, 3.8) is 0 Å². The molecule has 32 heavy (non-hydrogen) atoms. The highest BCUT2D eigenvalue weighted by molar-refractivity contribution is 6.06. The highest BCUT2D eigenvalue weighted by atomic mass is 16.3. The average molecular weight is 414 g/mol. The number of para-hydroxylation sites is 2. The number of nitrogens with zero attached hydrogens (tertiary/aromatic N) is 1. The summed E-state index contributed by atoms with van der Waals surface area (Å²) in [5.41, 5.74) is 5.81. The van der Waals surface area contributed by atoms with E-state index in [0.717, 1.165) is 44.5 Å². The van der Waals surface area contributed by atoms with Gasteiger partial charge in [-0.25, -0.2) is 0 Å². The summed E-state index contributed by atoms with van der Waals surface area (Å²) in [6, 6.07) is 35.8. The topological polar surface area (TPSA) is 26.0 Å². The molecule has 0 N–H and O–H groups in total. The molecule has 0 radical (unpaired) electrons. The summed E-state index contributed by atoms with van der Waals surface area (Å²) < 4.78 is 6.39. The van der Waals surface area contributed by atoms with Crippen molar-refractivity contribution in [1.29, 1.82) is 0 Å². The molecular formula is C30H23NO. The van der Waals surface area contributed by atoms with Crippen molar-refractivity contribution in [2.24, 2.45) is 0 Å². The fraction of sp³-hybridized carbons (Fsp3) is 0.100. The molecule has 2 heteroatoms. The van der Waals surface area contributed by atoms with Gasteiger partial charge in [-0.3, -0.25) is 4.98 Å². The van der Waals surface area contributed by atoms with Gasteiger partial charge in [-0.15, -0.1) is 0 Å². The van der Waals surface area contributed by atoms with Gasteiger partial charge < -0.3 is 4.42 Å². The van der Waals surface area contributed by atoms with E-state index in [1.165, 1.54) is 10.8 Å². The van der Waals surface area contributed by atoms with E-state index in [9.17, 15) is 0 Å². The first-order valence-electron chi connectivity index (χ1n) is 11.0. The largest absolute Gasteiger partial charge is 0.456 e. The maximum Gasteiger partial charge on any atom is 0.139 e. The van der Waals surface area contributed by atoms with Crippen LogP contribution < -0.4 is 0 Å². The lowest BCUT2D eigenvalue weighted by atomic mass is 9.78. The predicted octanol–water partition coefficient (Wildman–Crippen LogP) is 8.13. The second-order valence-corrected chi connectivity index (χ2v) is 8.85. The van der Waals surface area contributed by atoms with Crippen LogP contribution in [0.25, 0.3) is 44.0 Å². The Labute approximate surface area is 187 Å². The van der Waals surface area contributed by atoms with Crippen molar-refractivity contribution in [1.82, 2.24) is 4.98 Å². The first kappa shape index (κ1) is 18.8. The number of rotatable bonds is 3. The van der Waals surface area contributed by atoms with Gasteiger partial charge >= 0.3 is 0 Å². The SMILES string of the molecule is CC(C)(c1nc(-c2ccccc2)cc2ccccc12)c1cccc2c1oc1ccccc12. The molecule has 6 rings (SSSR count). The van der Waals surface area contributed by atoms with E-state index in [1.807, 2.05) is 18.2 Å². The third-order valence-electron chi connectivity index (χ3n) is 6.48. The molecule has 0 amide bonds. The predicted molar refractivity (Wildman–Crippen MR) is 133 cm³/mol. The highest BCUT2D eigenvalue weighted by Crippen LogP contribution is 2.41. The monoisotopic (exact) mass is 413 g/mol. The third-order valence-corrected chi connectivity index (χ3v) is 6.48. The van der Waals surface area contributed by atoms with Crippen molar-refractivity contribution in [3.8, 4) is 11.3 Å². The zero-order chi connectivity index (χ0) is 21.7. The molecule has 0 bridgehead atoms. The lowest BCUT2D eigenvalue weighted by Crippen LogP contribution is -2.21. The smallest absolute Gasteiger partial charge is 0.139 e. The molecule has 2 heterocycles. The molecule has 0 saturated heterocycles. The van der Waals surface area contributed by atoms with Gasteiger partial charge in [-0.1, -0.05) is 91.0 Å². The molecule has 0 unspecified atom stereocenters. The second kappa shape index (κ2) is 7.06. The number of pyridine rings is 1. The van der Waals surface area contributed by atoms with E-state index in [4.69, 9.17) is 9.40 Å². The minimum absolute atomic E-state index is 0.363. The van der Waals surface area contributed by atoms with Gasteiger partial charge in [0.05, 0.1) is 11.4 Å². The Bertz CT molecular complexity index is 1590. The summed E-state index contributed by atoms with van der Waals surface area (Å²) in [5, 5.41) is 4.66. The molecule has 0 saturated carbocycles. The van der Waals surface area contributed by atoms with Crippen molar-refractivity contribution >= 4 is 32.7 Å². The first-order valence-corrected chi connectivity index (χ1v) is 11.0. The minimum atomic E-state index is -0.363. The highest BCUT2D eigenvalue weighted by Gasteiger charge is 2.31. The van der Waals surface area contributed by atoms with Crippen LogP contribution in [-0.2, 0) is 5.41 Å². The molecule has 0 aliphatic carbocycles. The molecule has 0 spiro atoms. The summed E-state index contributed by atoms with van der Waals surface area (Å²) in [6.07, 6.45) is 0. The summed E-state index contributed by atoms with van der Waals surface area (Å²) in [6.45, 7) is 4.50. The molecule has 0 aliphatic heterocycles. The molecular weight excluding hydrogens is 390 g/mol. The number of fused-ring (bicyclic) bond motifs is 4. The van der Waals surface area contributed by atoms with Gasteiger partial charge in [0.2, 0.25) is 0 Å². The Kier molecular flexibility index (Phi) is 4.16. The molecule has 0 atom stereocenters. The summed E-state index contributed by atoms with van der Waals surface area (Å²) in [5.74, 6) is 0. The number of aromatic nitrogens is 1. The van der Waals surface area contributed by atoms with Gasteiger partial charge in [-0.05, 0) is 31.4 Å². The van der Waals surface area contributed by atoms with Crippen LogP contribution in [0, 0.1) is 0 Å². The normalized spacial score (nSPS) is 12.1. The maximum absolute atomic E-state index is 6.39. The van der Waals surface area contributed by atoms with E-state index in [-0.39, 0.29) is 5.41 Å². The van der Waals surface area contributed by atoms with Crippen LogP contribution in [0.2, 0.25) is 0 Å². The van der Waals surface area contributed by atoms with E-state index in [1.54, 1.807) is 0 Å². The summed E-state index contributed by atoms with van der Waals surface area (Å²) >= 11 is 0. The number of hydrogen-bond donors (Lipinski definition) is 0. The van der Waals surface area contributed by atoms with Gasteiger partial charge in [-0.2, -0.15) is 0 Å². The Morgan fingerprint density at radius 1 is 0.656 bits per heavy atom. The lowest BCUT2D eigenvalue weighted by Gasteiger charge is -2.27. The van der Waals surface area contributed by atoms with E-state index < -0.39 is 0 Å². The Balaban J connectivity index is 1.65. The number of hydrogen-bond acceptors (Lipinski definition) is 2. The van der Waals surface area contributed by atoms with Gasteiger partial charge in [0, 0.05) is 32.7 Å². The Morgan fingerprint density at radius 2 is 1.34 bits per heavy atom. The molecule has 2 aromatic heterocycles. The fourth-order valence-electron chi connectivity index (χ4n) is 4.80. The number of benzene rings is 4. The molecule has 154 valence electrons. The van der Waals surface area contributed by atoms with Crippen molar-refractivity contribution in [3.05, 3.63) is 114 Å². The zero-order valence-corrected chi connectivity index (χ0v) is 18.2.